The molecular formula is C12H18ClN5O. The molecule has 1 aliphatic rings. The summed E-state index contributed by atoms with van der Waals surface area (Å²) in [4.78, 5) is 20.5. The number of hydrogen-bond acceptors (Lipinski definition) is 5. The lowest BCUT2D eigenvalue weighted by atomic mass is 10.2. The summed E-state index contributed by atoms with van der Waals surface area (Å²) in [6.07, 6.45) is 0.975. The standard InChI is InChI=1S/C12H18ClN5O/c1-17-3-2-4-18(6-5-17)12(19)9-7-10(13)15-11(8-9)16-14/h7-8H,2-6,14H2,1H3,(H,15,16). The van der Waals surface area contributed by atoms with Crippen LogP contribution in [0.25, 0.3) is 0 Å². The van der Waals surface area contributed by atoms with Crippen molar-refractivity contribution in [1.29, 1.82) is 0 Å². The van der Waals surface area contributed by atoms with Gasteiger partial charge < -0.3 is 15.2 Å². The normalized spacial score (nSPS) is 17.1. The smallest absolute Gasteiger partial charge is 0.254 e. The van der Waals surface area contributed by atoms with E-state index in [4.69, 9.17) is 17.4 Å². The lowest BCUT2D eigenvalue weighted by Crippen LogP contribution is -2.34. The van der Waals surface area contributed by atoms with Crippen LogP contribution in [0.5, 0.6) is 0 Å². The number of hydrogen-bond donors (Lipinski definition) is 2. The Morgan fingerprint density at radius 2 is 2.16 bits per heavy atom. The molecule has 0 bridgehead atoms. The molecule has 6 nitrogen and oxygen atoms in total. The van der Waals surface area contributed by atoms with Gasteiger partial charge in [-0.05, 0) is 32.1 Å². The largest absolute Gasteiger partial charge is 0.337 e. The number of nitrogens with zero attached hydrogens (tertiary/aromatic N) is 3. The molecule has 2 rings (SSSR count). The van der Waals surface area contributed by atoms with E-state index >= 15 is 0 Å². The monoisotopic (exact) mass is 283 g/mol. The van der Waals surface area contributed by atoms with Gasteiger partial charge in [-0.1, -0.05) is 11.6 Å². The van der Waals surface area contributed by atoms with Crippen molar-refractivity contribution in [1.82, 2.24) is 14.8 Å². The Hall–Kier alpha value is -1.37. The Morgan fingerprint density at radius 1 is 1.37 bits per heavy atom. The van der Waals surface area contributed by atoms with Crippen LogP contribution < -0.4 is 11.3 Å². The van der Waals surface area contributed by atoms with E-state index in [1.54, 1.807) is 12.1 Å². The molecule has 1 aromatic rings. The predicted octanol–water partition coefficient (Wildman–Crippen LogP) is 0.798. The maximum Gasteiger partial charge on any atom is 0.254 e. The number of rotatable bonds is 2. The fourth-order valence-corrected chi connectivity index (χ4v) is 2.34. The van der Waals surface area contributed by atoms with Crippen LogP contribution in [0.1, 0.15) is 16.8 Å². The average Bonchev–Trinajstić information content (AvgIpc) is 2.62. The van der Waals surface area contributed by atoms with Gasteiger partial charge in [0, 0.05) is 25.2 Å². The van der Waals surface area contributed by atoms with Crippen LogP contribution >= 0.6 is 11.6 Å². The van der Waals surface area contributed by atoms with Gasteiger partial charge in [0.2, 0.25) is 0 Å². The van der Waals surface area contributed by atoms with Gasteiger partial charge in [0.1, 0.15) is 11.0 Å². The van der Waals surface area contributed by atoms with E-state index in [2.05, 4.69) is 22.4 Å². The second-order valence-corrected chi connectivity index (χ2v) is 5.04. The van der Waals surface area contributed by atoms with E-state index in [0.717, 1.165) is 32.6 Å². The third-order valence-corrected chi connectivity index (χ3v) is 3.39. The number of anilines is 1. The van der Waals surface area contributed by atoms with Crippen molar-refractivity contribution in [3.8, 4) is 0 Å². The predicted molar refractivity (Wildman–Crippen MR) is 75.1 cm³/mol. The third-order valence-electron chi connectivity index (χ3n) is 3.20. The summed E-state index contributed by atoms with van der Waals surface area (Å²) >= 11 is 5.88. The van der Waals surface area contributed by atoms with Crippen molar-refractivity contribution >= 4 is 23.3 Å². The quantitative estimate of drug-likeness (QED) is 0.477. The summed E-state index contributed by atoms with van der Waals surface area (Å²) in [6, 6.07) is 3.18. The Balaban J connectivity index is 2.16. The van der Waals surface area contributed by atoms with Crippen LogP contribution in [0.15, 0.2) is 12.1 Å². The first-order chi connectivity index (χ1) is 9.10. The maximum absolute atomic E-state index is 12.4. The number of hydrazine groups is 1. The van der Waals surface area contributed by atoms with E-state index in [9.17, 15) is 4.79 Å². The number of aromatic nitrogens is 1. The molecule has 7 heteroatoms. The van der Waals surface area contributed by atoms with Gasteiger partial charge in [0.25, 0.3) is 5.91 Å². The molecule has 1 saturated heterocycles. The maximum atomic E-state index is 12.4. The minimum absolute atomic E-state index is 0.0314. The molecule has 0 spiro atoms. The molecule has 104 valence electrons. The fourth-order valence-electron chi connectivity index (χ4n) is 2.13. The zero-order valence-electron chi connectivity index (χ0n) is 10.9. The van der Waals surface area contributed by atoms with Crippen molar-refractivity contribution in [2.75, 3.05) is 38.7 Å². The van der Waals surface area contributed by atoms with Gasteiger partial charge in [-0.15, -0.1) is 0 Å². The summed E-state index contributed by atoms with van der Waals surface area (Å²) in [5.74, 6) is 5.67. The highest BCUT2D eigenvalue weighted by atomic mass is 35.5. The number of carbonyl (C=O) groups is 1. The highest BCUT2D eigenvalue weighted by Crippen LogP contribution is 2.16. The number of nitrogens with two attached hydrogens (primary N) is 1. The highest BCUT2D eigenvalue weighted by Gasteiger charge is 2.19. The summed E-state index contributed by atoms with van der Waals surface area (Å²) < 4.78 is 0. The van der Waals surface area contributed by atoms with Crippen molar-refractivity contribution < 1.29 is 4.79 Å². The number of nitrogens with one attached hydrogen (secondary N) is 1. The van der Waals surface area contributed by atoms with Crippen molar-refractivity contribution in [3.05, 3.63) is 22.8 Å². The van der Waals surface area contributed by atoms with Gasteiger partial charge in [-0.25, -0.2) is 10.8 Å². The molecule has 3 N–H and O–H groups in total. The molecule has 0 aliphatic carbocycles. The van der Waals surface area contributed by atoms with Crippen LogP contribution in [-0.4, -0.2) is 53.9 Å². The number of pyridine rings is 1. The van der Waals surface area contributed by atoms with E-state index in [-0.39, 0.29) is 11.1 Å². The number of likely N-dealkylation sites (N-methyl/N-ethyl adjacent to an activating group) is 1. The molecular weight excluding hydrogens is 266 g/mol. The molecule has 0 unspecified atom stereocenters. The number of nitrogen functional groups attached to an aromatic ring is 1. The number of halogens is 1. The van der Waals surface area contributed by atoms with Gasteiger partial charge >= 0.3 is 0 Å². The molecule has 19 heavy (non-hydrogen) atoms. The van der Waals surface area contributed by atoms with Gasteiger partial charge in [-0.3, -0.25) is 4.79 Å². The molecule has 1 aromatic heterocycles. The Kier molecular flexibility index (Phi) is 4.57. The van der Waals surface area contributed by atoms with Crippen molar-refractivity contribution in [2.24, 2.45) is 5.84 Å². The molecule has 1 amide bonds. The lowest BCUT2D eigenvalue weighted by Gasteiger charge is -2.20. The van der Waals surface area contributed by atoms with Gasteiger partial charge in [0.15, 0.2) is 0 Å². The van der Waals surface area contributed by atoms with Crippen molar-refractivity contribution in [2.45, 2.75) is 6.42 Å². The summed E-state index contributed by atoms with van der Waals surface area (Å²) in [7, 11) is 2.06. The molecule has 2 heterocycles. The first kappa shape index (κ1) is 14.0. The Labute approximate surface area is 117 Å². The molecule has 1 fully saturated rings. The first-order valence-electron chi connectivity index (χ1n) is 6.22. The van der Waals surface area contributed by atoms with E-state index in [1.165, 1.54) is 0 Å². The highest BCUT2D eigenvalue weighted by molar-refractivity contribution is 6.29. The lowest BCUT2D eigenvalue weighted by molar-refractivity contribution is 0.0763. The number of carbonyl (C=O) groups excluding carboxylic acids is 1. The van der Waals surface area contributed by atoms with Crippen LogP contribution in [0.3, 0.4) is 0 Å². The first-order valence-corrected chi connectivity index (χ1v) is 6.60. The second kappa shape index (κ2) is 6.18. The van der Waals surface area contributed by atoms with Gasteiger partial charge in [-0.2, -0.15) is 0 Å². The van der Waals surface area contributed by atoms with E-state index in [1.807, 2.05) is 4.90 Å². The second-order valence-electron chi connectivity index (χ2n) is 4.66. The Bertz CT molecular complexity index is 467. The minimum atomic E-state index is -0.0314. The van der Waals surface area contributed by atoms with Crippen LogP contribution in [-0.2, 0) is 0 Å². The zero-order valence-corrected chi connectivity index (χ0v) is 11.7. The summed E-state index contributed by atoms with van der Waals surface area (Å²) in [5, 5.41) is 0.255. The van der Waals surface area contributed by atoms with Gasteiger partial charge in [0.05, 0.1) is 0 Å². The van der Waals surface area contributed by atoms with E-state index in [0.29, 0.717) is 11.4 Å². The summed E-state index contributed by atoms with van der Waals surface area (Å²) in [6.45, 7) is 3.37. The average molecular weight is 284 g/mol. The molecule has 1 aliphatic heterocycles. The zero-order chi connectivity index (χ0) is 13.8. The third kappa shape index (κ3) is 3.56. The molecule has 0 aromatic carbocycles. The molecule has 0 saturated carbocycles. The molecule has 0 atom stereocenters. The number of amides is 1. The topological polar surface area (TPSA) is 74.5 Å². The van der Waals surface area contributed by atoms with Crippen LogP contribution in [0, 0.1) is 0 Å². The Morgan fingerprint density at radius 3 is 2.89 bits per heavy atom. The minimum Gasteiger partial charge on any atom is -0.337 e. The van der Waals surface area contributed by atoms with Crippen molar-refractivity contribution in [3.63, 3.8) is 0 Å². The fraction of sp³-hybridized carbons (Fsp3) is 0.500. The van der Waals surface area contributed by atoms with Crippen LogP contribution in [0.4, 0.5) is 5.82 Å². The van der Waals surface area contributed by atoms with Crippen LogP contribution in [0.2, 0.25) is 5.15 Å². The molecule has 0 radical (unpaired) electrons. The SMILES string of the molecule is CN1CCCN(C(=O)c2cc(Cl)nc(NN)c2)CC1. The van der Waals surface area contributed by atoms with E-state index < -0.39 is 0 Å². The summed E-state index contributed by atoms with van der Waals surface area (Å²) in [5.41, 5.74) is 2.92.